The highest BCUT2D eigenvalue weighted by atomic mass is 15.3. The van der Waals surface area contributed by atoms with Crippen molar-refractivity contribution in [1.82, 2.24) is 10.2 Å². The van der Waals surface area contributed by atoms with Gasteiger partial charge in [-0.15, -0.1) is 0 Å². The van der Waals surface area contributed by atoms with Gasteiger partial charge < -0.3 is 5.32 Å². The van der Waals surface area contributed by atoms with Gasteiger partial charge in [-0.3, -0.25) is 4.90 Å². The number of rotatable bonds is 5. The van der Waals surface area contributed by atoms with Crippen molar-refractivity contribution in [3.8, 4) is 0 Å². The molecule has 1 N–H and O–H groups in total. The van der Waals surface area contributed by atoms with E-state index in [4.69, 9.17) is 0 Å². The molecule has 1 aliphatic heterocycles. The van der Waals surface area contributed by atoms with Gasteiger partial charge in [-0.25, -0.2) is 0 Å². The van der Waals surface area contributed by atoms with E-state index in [9.17, 15) is 0 Å². The number of nitrogens with zero attached hydrogens (tertiary/aromatic N) is 1. The molecular weight excluding hydrogens is 256 g/mol. The van der Waals surface area contributed by atoms with Crippen LogP contribution >= 0.6 is 0 Å². The Morgan fingerprint density at radius 2 is 1.95 bits per heavy atom. The van der Waals surface area contributed by atoms with E-state index in [2.05, 4.69) is 55.3 Å². The summed E-state index contributed by atoms with van der Waals surface area (Å²) in [5, 5.41) is 3.85. The summed E-state index contributed by atoms with van der Waals surface area (Å²) in [5.74, 6) is 0.764. The Balaban J connectivity index is 1.70. The summed E-state index contributed by atoms with van der Waals surface area (Å²) >= 11 is 0. The monoisotopic (exact) mass is 286 g/mol. The second-order valence-electron chi connectivity index (χ2n) is 6.96. The van der Waals surface area contributed by atoms with Crippen LogP contribution in [0.25, 0.3) is 0 Å². The summed E-state index contributed by atoms with van der Waals surface area (Å²) in [7, 11) is 0. The lowest BCUT2D eigenvalue weighted by Gasteiger charge is -2.49. The van der Waals surface area contributed by atoms with E-state index in [1.165, 1.54) is 38.8 Å². The first-order chi connectivity index (χ1) is 10.2. The van der Waals surface area contributed by atoms with Crippen molar-refractivity contribution in [2.75, 3.05) is 19.6 Å². The third-order valence-electron chi connectivity index (χ3n) is 5.98. The van der Waals surface area contributed by atoms with Crippen molar-refractivity contribution in [2.24, 2.45) is 0 Å². The SMILES string of the molecule is CCC1CNC(CC)(CC)CN1CC1Cc2ccccc21. The van der Waals surface area contributed by atoms with Gasteiger partial charge >= 0.3 is 0 Å². The largest absolute Gasteiger partial charge is 0.308 e. The molecule has 0 radical (unpaired) electrons. The lowest BCUT2D eigenvalue weighted by molar-refractivity contribution is 0.0632. The summed E-state index contributed by atoms with van der Waals surface area (Å²) in [6.45, 7) is 10.6. The van der Waals surface area contributed by atoms with E-state index in [0.29, 0.717) is 11.6 Å². The Kier molecular flexibility index (Phi) is 4.37. The third-order valence-corrected chi connectivity index (χ3v) is 5.98. The Hall–Kier alpha value is -0.860. The maximum atomic E-state index is 3.85. The molecule has 0 saturated carbocycles. The molecule has 0 bridgehead atoms. The number of hydrogen-bond donors (Lipinski definition) is 1. The molecular formula is C19H30N2. The quantitative estimate of drug-likeness (QED) is 0.890. The molecule has 21 heavy (non-hydrogen) atoms. The molecule has 0 aromatic heterocycles. The highest BCUT2D eigenvalue weighted by Crippen LogP contribution is 2.37. The van der Waals surface area contributed by atoms with E-state index in [1.807, 2.05) is 0 Å². The molecule has 1 aliphatic carbocycles. The predicted octanol–water partition coefficient (Wildman–Crippen LogP) is 3.57. The van der Waals surface area contributed by atoms with Gasteiger partial charge in [0, 0.05) is 37.1 Å². The van der Waals surface area contributed by atoms with E-state index >= 15 is 0 Å². The molecule has 0 spiro atoms. The average molecular weight is 286 g/mol. The van der Waals surface area contributed by atoms with Crippen molar-refractivity contribution in [3.63, 3.8) is 0 Å². The Morgan fingerprint density at radius 1 is 1.19 bits per heavy atom. The van der Waals surface area contributed by atoms with Gasteiger partial charge in [0.25, 0.3) is 0 Å². The molecule has 1 saturated heterocycles. The topological polar surface area (TPSA) is 15.3 Å². The molecule has 2 aliphatic rings. The fraction of sp³-hybridized carbons (Fsp3) is 0.684. The Labute approximate surface area is 129 Å². The molecule has 2 unspecified atom stereocenters. The van der Waals surface area contributed by atoms with Crippen LogP contribution in [-0.2, 0) is 6.42 Å². The van der Waals surface area contributed by atoms with Crippen molar-refractivity contribution < 1.29 is 0 Å². The van der Waals surface area contributed by atoms with Crippen LogP contribution in [0.4, 0.5) is 0 Å². The number of piperazine rings is 1. The first kappa shape index (κ1) is 15.1. The number of benzene rings is 1. The minimum absolute atomic E-state index is 0.342. The van der Waals surface area contributed by atoms with Gasteiger partial charge in [0.05, 0.1) is 0 Å². The first-order valence-electron chi connectivity index (χ1n) is 8.78. The predicted molar refractivity (Wildman–Crippen MR) is 89.9 cm³/mol. The summed E-state index contributed by atoms with van der Waals surface area (Å²) in [6.07, 6.45) is 5.00. The summed E-state index contributed by atoms with van der Waals surface area (Å²) in [5.41, 5.74) is 3.52. The van der Waals surface area contributed by atoms with Crippen LogP contribution in [0.3, 0.4) is 0 Å². The van der Waals surface area contributed by atoms with Crippen LogP contribution in [0.15, 0.2) is 24.3 Å². The molecule has 1 fully saturated rings. The van der Waals surface area contributed by atoms with E-state index in [0.717, 1.165) is 12.5 Å². The standard InChI is InChI=1S/C19H30N2/c1-4-17-12-20-19(5-2,6-3)14-21(17)13-16-11-15-9-7-8-10-18(15)16/h7-10,16-17,20H,4-6,11-14H2,1-3H3. The van der Waals surface area contributed by atoms with Crippen LogP contribution in [0.1, 0.15) is 57.1 Å². The molecule has 1 aromatic rings. The van der Waals surface area contributed by atoms with E-state index in [1.54, 1.807) is 11.1 Å². The number of fused-ring (bicyclic) bond motifs is 1. The smallest absolute Gasteiger partial charge is 0.0304 e. The fourth-order valence-corrected chi connectivity index (χ4v) is 4.19. The maximum Gasteiger partial charge on any atom is 0.0304 e. The molecule has 2 heteroatoms. The van der Waals surface area contributed by atoms with Gasteiger partial charge in [-0.2, -0.15) is 0 Å². The summed E-state index contributed by atoms with van der Waals surface area (Å²) < 4.78 is 0. The molecule has 1 aromatic carbocycles. The zero-order valence-electron chi connectivity index (χ0n) is 13.9. The highest BCUT2D eigenvalue weighted by molar-refractivity contribution is 5.40. The molecule has 3 rings (SSSR count). The van der Waals surface area contributed by atoms with E-state index < -0.39 is 0 Å². The van der Waals surface area contributed by atoms with Crippen molar-refractivity contribution >= 4 is 0 Å². The average Bonchev–Trinajstić information content (AvgIpc) is 2.52. The van der Waals surface area contributed by atoms with Gasteiger partial charge in [0.1, 0.15) is 0 Å². The summed E-state index contributed by atoms with van der Waals surface area (Å²) in [6, 6.07) is 9.71. The zero-order chi connectivity index (χ0) is 14.9. The van der Waals surface area contributed by atoms with Crippen LogP contribution in [0.5, 0.6) is 0 Å². The normalized spacial score (nSPS) is 28.0. The van der Waals surface area contributed by atoms with Crippen LogP contribution in [-0.4, -0.2) is 36.1 Å². The van der Waals surface area contributed by atoms with Gasteiger partial charge in [0.2, 0.25) is 0 Å². The van der Waals surface area contributed by atoms with Crippen molar-refractivity contribution in [3.05, 3.63) is 35.4 Å². The minimum atomic E-state index is 0.342. The minimum Gasteiger partial charge on any atom is -0.308 e. The Morgan fingerprint density at radius 3 is 2.62 bits per heavy atom. The third kappa shape index (κ3) is 2.76. The lowest BCUT2D eigenvalue weighted by atomic mass is 9.76. The second-order valence-corrected chi connectivity index (χ2v) is 6.96. The molecule has 2 nitrogen and oxygen atoms in total. The van der Waals surface area contributed by atoms with Gasteiger partial charge in [-0.05, 0) is 36.8 Å². The number of hydrogen-bond acceptors (Lipinski definition) is 2. The summed E-state index contributed by atoms with van der Waals surface area (Å²) in [4.78, 5) is 2.78. The first-order valence-corrected chi connectivity index (χ1v) is 8.78. The number of nitrogens with one attached hydrogen (secondary N) is 1. The Bertz CT molecular complexity index is 478. The van der Waals surface area contributed by atoms with Gasteiger partial charge in [0.15, 0.2) is 0 Å². The lowest BCUT2D eigenvalue weighted by Crippen LogP contribution is -2.64. The molecule has 1 heterocycles. The van der Waals surface area contributed by atoms with Crippen LogP contribution in [0, 0.1) is 0 Å². The molecule has 0 amide bonds. The van der Waals surface area contributed by atoms with E-state index in [-0.39, 0.29) is 0 Å². The van der Waals surface area contributed by atoms with Crippen LogP contribution in [0.2, 0.25) is 0 Å². The molecule has 116 valence electrons. The highest BCUT2D eigenvalue weighted by Gasteiger charge is 2.38. The zero-order valence-corrected chi connectivity index (χ0v) is 13.9. The second kappa shape index (κ2) is 6.10. The van der Waals surface area contributed by atoms with Crippen molar-refractivity contribution in [1.29, 1.82) is 0 Å². The maximum absolute atomic E-state index is 3.85. The van der Waals surface area contributed by atoms with Gasteiger partial charge in [-0.1, -0.05) is 45.0 Å². The van der Waals surface area contributed by atoms with Crippen LogP contribution < -0.4 is 5.32 Å². The molecule has 2 atom stereocenters. The van der Waals surface area contributed by atoms with Crippen molar-refractivity contribution in [2.45, 2.75) is 64.0 Å². The fourth-order valence-electron chi connectivity index (χ4n) is 4.19.